The van der Waals surface area contributed by atoms with Crippen LogP contribution >= 0.6 is 11.6 Å². The van der Waals surface area contributed by atoms with E-state index in [0.29, 0.717) is 18.1 Å². The van der Waals surface area contributed by atoms with Crippen molar-refractivity contribution in [3.8, 4) is 0 Å². The lowest BCUT2D eigenvalue weighted by Gasteiger charge is -2.17. The van der Waals surface area contributed by atoms with Crippen LogP contribution in [0.25, 0.3) is 0 Å². The molecule has 2 aromatic rings. The van der Waals surface area contributed by atoms with Gasteiger partial charge in [0, 0.05) is 18.1 Å². The number of rotatable bonds is 4. The van der Waals surface area contributed by atoms with Crippen LogP contribution in [-0.4, -0.2) is 32.3 Å². The summed E-state index contributed by atoms with van der Waals surface area (Å²) in [7, 11) is -4.00. The SMILES string of the molecule is NS(=O)(=O)c1ccc(F)c(C(=O)N2CCC(Cc3ccc(Cl)cc3)C2)c1. The first kappa shape index (κ1) is 18.8. The average molecular weight is 397 g/mol. The Kier molecular flexibility index (Phi) is 5.32. The molecule has 0 saturated carbocycles. The lowest BCUT2D eigenvalue weighted by atomic mass is 9.99. The van der Waals surface area contributed by atoms with E-state index >= 15 is 0 Å². The summed E-state index contributed by atoms with van der Waals surface area (Å²) in [6.07, 6.45) is 1.59. The van der Waals surface area contributed by atoms with Crippen molar-refractivity contribution in [2.45, 2.75) is 17.7 Å². The van der Waals surface area contributed by atoms with Gasteiger partial charge in [-0.05, 0) is 54.7 Å². The van der Waals surface area contributed by atoms with Crippen molar-refractivity contribution in [3.63, 3.8) is 0 Å². The number of halogens is 2. The van der Waals surface area contributed by atoms with E-state index in [-0.39, 0.29) is 16.4 Å². The molecular weight excluding hydrogens is 379 g/mol. The minimum Gasteiger partial charge on any atom is -0.338 e. The smallest absolute Gasteiger partial charge is 0.256 e. The van der Waals surface area contributed by atoms with Gasteiger partial charge < -0.3 is 4.90 Å². The number of sulfonamides is 1. The maximum atomic E-state index is 14.0. The van der Waals surface area contributed by atoms with E-state index in [9.17, 15) is 17.6 Å². The molecule has 3 rings (SSSR count). The first-order valence-corrected chi connectivity index (χ1v) is 10.0. The molecule has 1 saturated heterocycles. The Morgan fingerprint density at radius 1 is 1.23 bits per heavy atom. The second-order valence-electron chi connectivity index (χ2n) is 6.42. The Labute approximate surface area is 156 Å². The van der Waals surface area contributed by atoms with Gasteiger partial charge in [0.05, 0.1) is 10.5 Å². The number of hydrogen-bond acceptors (Lipinski definition) is 3. The first-order valence-electron chi connectivity index (χ1n) is 8.10. The zero-order valence-electron chi connectivity index (χ0n) is 13.9. The molecule has 1 fully saturated rings. The summed E-state index contributed by atoms with van der Waals surface area (Å²) in [5.74, 6) is -1.03. The lowest BCUT2D eigenvalue weighted by molar-refractivity contribution is 0.0782. The van der Waals surface area contributed by atoms with E-state index in [1.54, 1.807) is 4.90 Å². The number of likely N-dealkylation sites (tertiary alicyclic amines) is 1. The number of nitrogens with two attached hydrogens (primary N) is 1. The molecule has 1 unspecified atom stereocenters. The first-order chi connectivity index (χ1) is 12.2. The van der Waals surface area contributed by atoms with E-state index in [0.717, 1.165) is 36.6 Å². The number of carbonyl (C=O) groups excluding carboxylic acids is 1. The highest BCUT2D eigenvalue weighted by atomic mass is 35.5. The van der Waals surface area contributed by atoms with Crippen molar-refractivity contribution in [2.24, 2.45) is 11.1 Å². The fourth-order valence-corrected chi connectivity index (χ4v) is 3.82. The number of carbonyl (C=O) groups is 1. The van der Waals surface area contributed by atoms with Crippen molar-refractivity contribution in [3.05, 3.63) is 64.4 Å². The van der Waals surface area contributed by atoms with Gasteiger partial charge in [-0.15, -0.1) is 0 Å². The van der Waals surface area contributed by atoms with Gasteiger partial charge in [0.1, 0.15) is 5.82 Å². The highest BCUT2D eigenvalue weighted by Gasteiger charge is 2.29. The Bertz CT molecular complexity index is 932. The number of hydrogen-bond donors (Lipinski definition) is 1. The topological polar surface area (TPSA) is 80.5 Å². The summed E-state index contributed by atoms with van der Waals surface area (Å²) in [4.78, 5) is 13.9. The van der Waals surface area contributed by atoms with Crippen LogP contribution in [0.2, 0.25) is 5.02 Å². The molecular formula is C18H18ClFN2O3S. The molecule has 2 N–H and O–H groups in total. The highest BCUT2D eigenvalue weighted by Crippen LogP contribution is 2.24. The molecule has 0 bridgehead atoms. The summed E-state index contributed by atoms with van der Waals surface area (Å²) >= 11 is 5.88. The van der Waals surface area contributed by atoms with Crippen LogP contribution in [0.15, 0.2) is 47.4 Å². The van der Waals surface area contributed by atoms with Gasteiger partial charge in [0.2, 0.25) is 10.0 Å². The molecule has 2 aromatic carbocycles. The molecule has 26 heavy (non-hydrogen) atoms. The van der Waals surface area contributed by atoms with Crippen LogP contribution in [0.4, 0.5) is 4.39 Å². The van der Waals surface area contributed by atoms with E-state index in [2.05, 4.69) is 0 Å². The van der Waals surface area contributed by atoms with Crippen molar-refractivity contribution >= 4 is 27.5 Å². The van der Waals surface area contributed by atoms with Crippen LogP contribution < -0.4 is 5.14 Å². The number of nitrogens with zero attached hydrogens (tertiary/aromatic N) is 1. The fourth-order valence-electron chi connectivity index (χ4n) is 3.15. The van der Waals surface area contributed by atoms with Crippen LogP contribution in [-0.2, 0) is 16.4 Å². The van der Waals surface area contributed by atoms with Crippen LogP contribution in [0.3, 0.4) is 0 Å². The van der Waals surface area contributed by atoms with Crippen LogP contribution in [0, 0.1) is 11.7 Å². The van der Waals surface area contributed by atoms with Crippen molar-refractivity contribution in [1.82, 2.24) is 4.90 Å². The zero-order valence-corrected chi connectivity index (χ0v) is 15.4. The minimum atomic E-state index is -4.00. The Balaban J connectivity index is 1.72. The summed E-state index contributed by atoms with van der Waals surface area (Å²) in [6.45, 7) is 0.983. The second-order valence-corrected chi connectivity index (χ2v) is 8.42. The molecule has 0 aromatic heterocycles. The molecule has 8 heteroatoms. The number of amides is 1. The third-order valence-electron chi connectivity index (χ3n) is 4.51. The summed E-state index contributed by atoms with van der Waals surface area (Å²) in [5.41, 5.74) is 0.847. The van der Waals surface area contributed by atoms with Crippen LogP contribution in [0.1, 0.15) is 22.3 Å². The number of primary sulfonamides is 1. The Hall–Kier alpha value is -1.96. The monoisotopic (exact) mass is 396 g/mol. The Morgan fingerprint density at radius 3 is 2.58 bits per heavy atom. The lowest BCUT2D eigenvalue weighted by Crippen LogP contribution is -2.30. The van der Waals surface area contributed by atoms with E-state index in [1.165, 1.54) is 0 Å². The van der Waals surface area contributed by atoms with E-state index < -0.39 is 21.7 Å². The predicted octanol–water partition coefficient (Wildman–Crippen LogP) is 2.83. The summed E-state index contributed by atoms with van der Waals surface area (Å²) in [6, 6.07) is 10.5. The van der Waals surface area contributed by atoms with E-state index in [4.69, 9.17) is 16.7 Å². The van der Waals surface area contributed by atoms with Crippen molar-refractivity contribution < 1.29 is 17.6 Å². The molecule has 0 spiro atoms. The standard InChI is InChI=1S/C18H18ClFN2O3S/c19-14-3-1-12(2-4-14)9-13-7-8-22(11-13)18(23)16-10-15(26(21,24)25)5-6-17(16)20/h1-6,10,13H,7-9,11H2,(H2,21,24,25). The molecule has 0 aliphatic carbocycles. The molecule has 1 heterocycles. The highest BCUT2D eigenvalue weighted by molar-refractivity contribution is 7.89. The zero-order chi connectivity index (χ0) is 18.9. The van der Waals surface area contributed by atoms with Gasteiger partial charge in [-0.1, -0.05) is 23.7 Å². The van der Waals surface area contributed by atoms with Crippen molar-refractivity contribution in [2.75, 3.05) is 13.1 Å². The van der Waals surface area contributed by atoms with Gasteiger partial charge in [-0.2, -0.15) is 0 Å². The van der Waals surface area contributed by atoms with Gasteiger partial charge in [-0.25, -0.2) is 17.9 Å². The molecule has 0 radical (unpaired) electrons. The average Bonchev–Trinajstić information content (AvgIpc) is 3.04. The summed E-state index contributed by atoms with van der Waals surface area (Å²) < 4.78 is 36.9. The van der Waals surface area contributed by atoms with Gasteiger partial charge >= 0.3 is 0 Å². The van der Waals surface area contributed by atoms with Crippen LogP contribution in [0.5, 0.6) is 0 Å². The third-order valence-corrected chi connectivity index (χ3v) is 5.67. The third kappa shape index (κ3) is 4.23. The van der Waals surface area contributed by atoms with Gasteiger partial charge in [0.15, 0.2) is 0 Å². The predicted molar refractivity (Wildman–Crippen MR) is 96.9 cm³/mol. The normalized spacial score (nSPS) is 17.5. The maximum absolute atomic E-state index is 14.0. The quantitative estimate of drug-likeness (QED) is 0.862. The van der Waals surface area contributed by atoms with Gasteiger partial charge in [-0.3, -0.25) is 4.79 Å². The minimum absolute atomic E-state index is 0.254. The van der Waals surface area contributed by atoms with Gasteiger partial charge in [0.25, 0.3) is 5.91 Å². The molecule has 1 aliphatic rings. The molecule has 5 nitrogen and oxygen atoms in total. The Morgan fingerprint density at radius 2 is 1.92 bits per heavy atom. The second kappa shape index (κ2) is 7.34. The summed E-state index contributed by atoms with van der Waals surface area (Å²) in [5, 5.41) is 5.73. The molecule has 1 atom stereocenters. The molecule has 1 amide bonds. The fraction of sp³-hybridized carbons (Fsp3) is 0.278. The largest absolute Gasteiger partial charge is 0.338 e. The number of benzene rings is 2. The molecule has 1 aliphatic heterocycles. The maximum Gasteiger partial charge on any atom is 0.256 e. The molecule has 138 valence electrons. The van der Waals surface area contributed by atoms with Crippen molar-refractivity contribution in [1.29, 1.82) is 0 Å². The van der Waals surface area contributed by atoms with E-state index in [1.807, 2.05) is 24.3 Å².